The van der Waals surface area contributed by atoms with Crippen molar-refractivity contribution in [1.29, 1.82) is 0 Å². The number of hydrogen-bond donors (Lipinski definition) is 2. The van der Waals surface area contributed by atoms with Crippen molar-refractivity contribution in [2.24, 2.45) is 0 Å². The number of methoxy groups -OCH3 is 2. The van der Waals surface area contributed by atoms with Gasteiger partial charge in [0, 0.05) is 50.4 Å². The molecule has 0 unspecified atom stereocenters. The number of rotatable bonds is 6. The van der Waals surface area contributed by atoms with Crippen molar-refractivity contribution in [2.75, 3.05) is 40.4 Å². The molecule has 0 aliphatic carbocycles. The maximum Gasteiger partial charge on any atom is 0.414 e. The first kappa shape index (κ1) is 24.5. The topological polar surface area (TPSA) is 99.5 Å². The zero-order chi connectivity index (χ0) is 22.8. The third-order valence-corrected chi connectivity index (χ3v) is 5.04. The number of hydrogen-bond acceptors (Lipinski definition) is 6. The number of ether oxygens (including phenoxy) is 2. The Morgan fingerprint density at radius 2 is 1.23 bits per heavy atom. The molecule has 0 atom stereocenters. The summed E-state index contributed by atoms with van der Waals surface area (Å²) in [7, 11) is 3.38. The van der Waals surface area contributed by atoms with E-state index in [2.05, 4.69) is 34.1 Å². The zero-order valence-electron chi connectivity index (χ0n) is 17.6. The van der Waals surface area contributed by atoms with E-state index in [1.54, 1.807) is 14.2 Å². The van der Waals surface area contributed by atoms with Gasteiger partial charge in [-0.15, -0.1) is 0 Å². The number of halogens is 1. The summed E-state index contributed by atoms with van der Waals surface area (Å²) >= 11 is 5.96. The Morgan fingerprint density at radius 3 is 1.61 bits per heavy atom. The highest BCUT2D eigenvalue weighted by Crippen LogP contribution is 2.24. The lowest BCUT2D eigenvalue weighted by molar-refractivity contribution is -0.159. The normalized spacial score (nSPS) is 14.3. The number of nitrogens with zero attached hydrogens (tertiary/aromatic N) is 2. The van der Waals surface area contributed by atoms with Crippen LogP contribution in [0.5, 0.6) is 11.5 Å². The number of aliphatic carboxylic acids is 2. The second-order valence-electron chi connectivity index (χ2n) is 7.01. The van der Waals surface area contributed by atoms with Gasteiger partial charge in [0.05, 0.1) is 14.2 Å². The molecule has 0 radical (unpaired) electrons. The van der Waals surface area contributed by atoms with E-state index in [1.165, 1.54) is 11.1 Å². The first-order valence-corrected chi connectivity index (χ1v) is 10.1. The molecular weight excluding hydrogens is 424 g/mol. The van der Waals surface area contributed by atoms with Crippen LogP contribution < -0.4 is 9.47 Å². The molecule has 2 aromatic carbocycles. The van der Waals surface area contributed by atoms with Gasteiger partial charge in [0.15, 0.2) is 0 Å². The molecule has 9 heteroatoms. The Labute approximate surface area is 186 Å². The summed E-state index contributed by atoms with van der Waals surface area (Å²) in [5.41, 5.74) is 2.54. The maximum atomic E-state index is 9.10. The van der Waals surface area contributed by atoms with E-state index in [1.807, 2.05) is 18.2 Å². The monoisotopic (exact) mass is 450 g/mol. The van der Waals surface area contributed by atoms with Crippen LogP contribution in [0.15, 0.2) is 42.5 Å². The highest BCUT2D eigenvalue weighted by molar-refractivity contribution is 6.30. The standard InChI is InChI=1S/C20H25ClN2O2.C2H2O4/c1-24-19-11-17(12-20(13-19)25-2)15-23-9-7-22(8-10-23)14-16-3-5-18(21)6-4-16;3-1(4)2(5)6/h3-6,11-13H,7-10,14-15H2,1-2H3;(H,3,4)(H,5,6). The van der Waals surface area contributed by atoms with Gasteiger partial charge in [-0.1, -0.05) is 23.7 Å². The van der Waals surface area contributed by atoms with Crippen molar-refractivity contribution in [1.82, 2.24) is 9.80 Å². The Kier molecular flexibility index (Phi) is 9.58. The molecule has 2 N–H and O–H groups in total. The van der Waals surface area contributed by atoms with Crippen LogP contribution in [-0.2, 0) is 22.7 Å². The molecule has 1 aliphatic heterocycles. The molecule has 1 heterocycles. The minimum atomic E-state index is -1.82. The van der Waals surface area contributed by atoms with E-state index >= 15 is 0 Å². The Morgan fingerprint density at radius 1 is 0.806 bits per heavy atom. The lowest BCUT2D eigenvalue weighted by Crippen LogP contribution is -2.45. The van der Waals surface area contributed by atoms with Gasteiger partial charge in [0.25, 0.3) is 0 Å². The van der Waals surface area contributed by atoms with Gasteiger partial charge in [-0.2, -0.15) is 0 Å². The molecule has 0 bridgehead atoms. The summed E-state index contributed by atoms with van der Waals surface area (Å²) in [4.78, 5) is 23.2. The average molecular weight is 451 g/mol. The molecule has 1 aliphatic rings. The Hall–Kier alpha value is -2.81. The van der Waals surface area contributed by atoms with Crippen LogP contribution in [0.3, 0.4) is 0 Å². The third-order valence-electron chi connectivity index (χ3n) is 4.78. The molecule has 0 aromatic heterocycles. The summed E-state index contributed by atoms with van der Waals surface area (Å²) in [6.07, 6.45) is 0. The minimum absolute atomic E-state index is 0.794. The van der Waals surface area contributed by atoms with E-state index in [4.69, 9.17) is 40.9 Å². The molecule has 1 saturated heterocycles. The van der Waals surface area contributed by atoms with E-state index in [0.29, 0.717) is 0 Å². The van der Waals surface area contributed by atoms with Gasteiger partial charge in [-0.25, -0.2) is 9.59 Å². The van der Waals surface area contributed by atoms with E-state index < -0.39 is 11.9 Å². The summed E-state index contributed by atoms with van der Waals surface area (Å²) in [6, 6.07) is 14.2. The fourth-order valence-electron chi connectivity index (χ4n) is 3.17. The molecule has 3 rings (SSSR count). The van der Waals surface area contributed by atoms with Gasteiger partial charge < -0.3 is 19.7 Å². The predicted octanol–water partition coefficient (Wildman–Crippen LogP) is 2.83. The number of piperazine rings is 1. The fourth-order valence-corrected chi connectivity index (χ4v) is 3.30. The van der Waals surface area contributed by atoms with Crippen LogP contribution in [0.4, 0.5) is 0 Å². The molecule has 168 valence electrons. The van der Waals surface area contributed by atoms with Crippen LogP contribution in [-0.4, -0.2) is 72.4 Å². The van der Waals surface area contributed by atoms with Crippen LogP contribution in [0, 0.1) is 0 Å². The smallest absolute Gasteiger partial charge is 0.414 e. The lowest BCUT2D eigenvalue weighted by Gasteiger charge is -2.34. The molecule has 0 amide bonds. The second kappa shape index (κ2) is 12.1. The van der Waals surface area contributed by atoms with E-state index in [0.717, 1.165) is 55.8 Å². The van der Waals surface area contributed by atoms with E-state index in [9.17, 15) is 0 Å². The maximum absolute atomic E-state index is 9.10. The first-order chi connectivity index (χ1) is 14.8. The third kappa shape index (κ3) is 8.45. The number of carbonyl (C=O) groups is 2. The largest absolute Gasteiger partial charge is 0.497 e. The van der Waals surface area contributed by atoms with E-state index in [-0.39, 0.29) is 0 Å². The fraction of sp³-hybridized carbons (Fsp3) is 0.364. The number of carboxylic acid groups (broad SMARTS) is 2. The molecule has 0 spiro atoms. The highest BCUT2D eigenvalue weighted by Gasteiger charge is 2.17. The summed E-state index contributed by atoms with van der Waals surface area (Å²) in [5, 5.41) is 15.6. The van der Waals surface area contributed by atoms with Gasteiger partial charge in [-0.3, -0.25) is 9.80 Å². The van der Waals surface area contributed by atoms with Crippen molar-refractivity contribution in [2.45, 2.75) is 13.1 Å². The van der Waals surface area contributed by atoms with Crippen LogP contribution in [0.1, 0.15) is 11.1 Å². The van der Waals surface area contributed by atoms with Crippen molar-refractivity contribution in [3.05, 3.63) is 58.6 Å². The summed E-state index contributed by atoms with van der Waals surface area (Å²) in [6.45, 7) is 6.17. The molecular formula is C22H27ClN2O6. The second-order valence-corrected chi connectivity index (χ2v) is 7.45. The summed E-state index contributed by atoms with van der Waals surface area (Å²) in [5.74, 6) is -1.96. The first-order valence-electron chi connectivity index (χ1n) is 9.68. The summed E-state index contributed by atoms with van der Waals surface area (Å²) < 4.78 is 10.7. The van der Waals surface area contributed by atoms with Gasteiger partial charge in [-0.05, 0) is 35.4 Å². The quantitative estimate of drug-likeness (QED) is 0.648. The van der Waals surface area contributed by atoms with Gasteiger partial charge in [0.2, 0.25) is 0 Å². The Bertz CT molecular complexity index is 833. The molecule has 1 fully saturated rings. The van der Waals surface area contributed by atoms with Crippen LogP contribution >= 0.6 is 11.6 Å². The molecule has 31 heavy (non-hydrogen) atoms. The van der Waals surface area contributed by atoms with Crippen molar-refractivity contribution < 1.29 is 29.3 Å². The predicted molar refractivity (Wildman–Crippen MR) is 117 cm³/mol. The van der Waals surface area contributed by atoms with Gasteiger partial charge in [0.1, 0.15) is 11.5 Å². The molecule has 2 aromatic rings. The number of carboxylic acids is 2. The zero-order valence-corrected chi connectivity index (χ0v) is 18.3. The lowest BCUT2D eigenvalue weighted by atomic mass is 10.1. The number of benzene rings is 2. The minimum Gasteiger partial charge on any atom is -0.497 e. The SMILES string of the molecule is COc1cc(CN2CCN(Cc3ccc(Cl)cc3)CC2)cc(OC)c1.O=C(O)C(=O)O. The van der Waals surface area contributed by atoms with Crippen LogP contribution in [0.2, 0.25) is 5.02 Å². The van der Waals surface area contributed by atoms with Crippen LogP contribution in [0.25, 0.3) is 0 Å². The average Bonchev–Trinajstić information content (AvgIpc) is 2.76. The highest BCUT2D eigenvalue weighted by atomic mass is 35.5. The molecule has 0 saturated carbocycles. The van der Waals surface area contributed by atoms with Gasteiger partial charge >= 0.3 is 11.9 Å². The van der Waals surface area contributed by atoms with Crippen molar-refractivity contribution in [3.63, 3.8) is 0 Å². The van der Waals surface area contributed by atoms with Crippen molar-refractivity contribution in [3.8, 4) is 11.5 Å². The Balaban J connectivity index is 0.000000501. The van der Waals surface area contributed by atoms with Crippen molar-refractivity contribution >= 4 is 23.5 Å². The molecule has 8 nitrogen and oxygen atoms in total.